The zero-order chi connectivity index (χ0) is 14.7. The molecule has 0 heterocycles. The van der Waals surface area contributed by atoms with Gasteiger partial charge in [-0.15, -0.1) is 0 Å². The third-order valence-electron chi connectivity index (χ3n) is 3.25. The highest BCUT2D eigenvalue weighted by Crippen LogP contribution is 2.16. The van der Waals surface area contributed by atoms with Crippen molar-refractivity contribution in [1.82, 2.24) is 5.32 Å². The second-order valence-electron chi connectivity index (χ2n) is 4.94. The fourth-order valence-corrected chi connectivity index (χ4v) is 1.89. The Morgan fingerprint density at radius 2 is 1.79 bits per heavy atom. The molecule has 1 rings (SSSR count). The van der Waals surface area contributed by atoms with Gasteiger partial charge in [0, 0.05) is 19.3 Å². The molecule has 0 aliphatic rings. The maximum Gasteiger partial charge on any atom is 0.241 e. The Morgan fingerprint density at radius 1 is 1.26 bits per heavy atom. The molecule has 0 bridgehead atoms. The van der Waals surface area contributed by atoms with Crippen molar-refractivity contribution in [2.24, 2.45) is 5.73 Å². The average molecular weight is 284 g/mol. The third-order valence-corrected chi connectivity index (χ3v) is 5.29. The highest BCUT2D eigenvalue weighted by Gasteiger charge is 2.38. The van der Waals surface area contributed by atoms with Gasteiger partial charge >= 0.3 is 0 Å². The van der Waals surface area contributed by atoms with Crippen LogP contribution in [0, 0.1) is 0 Å². The number of nitrogens with one attached hydrogen (secondary N) is 1. The van der Waals surface area contributed by atoms with Gasteiger partial charge in [0.1, 0.15) is 4.75 Å². The Hall–Kier alpha value is -1.40. The lowest BCUT2D eigenvalue weighted by Crippen LogP contribution is -2.47. The smallest absolute Gasteiger partial charge is 0.241 e. The van der Waals surface area contributed by atoms with Crippen molar-refractivity contribution in [3.8, 4) is 0 Å². The normalized spacial score (nSPS) is 12.2. The maximum absolute atomic E-state index is 12.0. The highest BCUT2D eigenvalue weighted by molar-refractivity contribution is 7.92. The molecular formula is C13H20N2O3S. The summed E-state index contributed by atoms with van der Waals surface area (Å²) in [5.41, 5.74) is 7.43. The first-order chi connectivity index (χ1) is 8.70. The van der Waals surface area contributed by atoms with E-state index in [0.717, 1.165) is 17.4 Å². The Morgan fingerprint density at radius 3 is 2.26 bits per heavy atom. The van der Waals surface area contributed by atoms with Crippen LogP contribution in [0.15, 0.2) is 24.3 Å². The Balaban J connectivity index is 2.80. The molecule has 0 atom stereocenters. The predicted molar refractivity (Wildman–Crippen MR) is 75.1 cm³/mol. The van der Waals surface area contributed by atoms with Crippen LogP contribution in [-0.4, -0.2) is 25.3 Å². The van der Waals surface area contributed by atoms with Crippen molar-refractivity contribution in [3.63, 3.8) is 0 Å². The van der Waals surface area contributed by atoms with Crippen LogP contribution in [0.4, 0.5) is 0 Å². The van der Waals surface area contributed by atoms with Gasteiger partial charge in [0.15, 0.2) is 9.84 Å². The van der Waals surface area contributed by atoms with Crippen LogP contribution >= 0.6 is 0 Å². The minimum atomic E-state index is -3.46. The molecule has 0 unspecified atom stereocenters. The minimum absolute atomic E-state index is 0.269. The molecule has 106 valence electrons. The van der Waals surface area contributed by atoms with E-state index in [2.05, 4.69) is 5.32 Å². The molecule has 0 saturated heterocycles. The lowest BCUT2D eigenvalue weighted by Gasteiger charge is -2.21. The van der Waals surface area contributed by atoms with E-state index in [1.807, 2.05) is 24.3 Å². The van der Waals surface area contributed by atoms with Gasteiger partial charge in [-0.05, 0) is 25.0 Å². The molecule has 0 aliphatic carbocycles. The standard InChI is InChI=1S/C13H20N2O3S/c1-13(2,19(3,17)18)12(16)15-9-11-7-5-4-6-10(11)8-14/h4-7H,8-9,14H2,1-3H3,(H,15,16). The molecule has 0 radical (unpaired) electrons. The monoisotopic (exact) mass is 284 g/mol. The van der Waals surface area contributed by atoms with Crippen LogP contribution in [0.2, 0.25) is 0 Å². The van der Waals surface area contributed by atoms with Gasteiger partial charge in [0.25, 0.3) is 0 Å². The van der Waals surface area contributed by atoms with Gasteiger partial charge < -0.3 is 11.1 Å². The lowest BCUT2D eigenvalue weighted by molar-refractivity contribution is -0.123. The van der Waals surface area contributed by atoms with E-state index in [-0.39, 0.29) is 6.54 Å². The van der Waals surface area contributed by atoms with Crippen molar-refractivity contribution in [2.75, 3.05) is 6.26 Å². The van der Waals surface area contributed by atoms with Crippen molar-refractivity contribution in [3.05, 3.63) is 35.4 Å². The van der Waals surface area contributed by atoms with Crippen molar-refractivity contribution < 1.29 is 13.2 Å². The second-order valence-corrected chi connectivity index (χ2v) is 7.50. The number of hydrogen-bond acceptors (Lipinski definition) is 4. The largest absolute Gasteiger partial charge is 0.351 e. The molecule has 19 heavy (non-hydrogen) atoms. The van der Waals surface area contributed by atoms with E-state index in [0.29, 0.717) is 6.54 Å². The lowest BCUT2D eigenvalue weighted by atomic mass is 10.1. The molecule has 1 amide bonds. The van der Waals surface area contributed by atoms with E-state index in [4.69, 9.17) is 5.73 Å². The Labute approximate surface area is 114 Å². The SMILES string of the molecule is CC(C)(C(=O)NCc1ccccc1CN)S(C)(=O)=O. The number of sulfone groups is 1. The Kier molecular flexibility index (Phi) is 4.70. The third kappa shape index (κ3) is 3.54. The van der Waals surface area contributed by atoms with Gasteiger partial charge in [-0.25, -0.2) is 8.42 Å². The van der Waals surface area contributed by atoms with Gasteiger partial charge in [0.2, 0.25) is 5.91 Å². The van der Waals surface area contributed by atoms with Gasteiger partial charge in [-0.3, -0.25) is 4.79 Å². The Bertz CT molecular complexity index is 565. The van der Waals surface area contributed by atoms with E-state index >= 15 is 0 Å². The summed E-state index contributed by atoms with van der Waals surface area (Å²) < 4.78 is 21.7. The molecular weight excluding hydrogens is 264 g/mol. The molecule has 0 saturated carbocycles. The predicted octanol–water partition coefficient (Wildman–Crippen LogP) is 0.585. The zero-order valence-electron chi connectivity index (χ0n) is 11.4. The van der Waals surface area contributed by atoms with Gasteiger partial charge in [0.05, 0.1) is 0 Å². The molecule has 5 nitrogen and oxygen atoms in total. The summed E-state index contributed by atoms with van der Waals surface area (Å²) in [4.78, 5) is 12.0. The topological polar surface area (TPSA) is 89.3 Å². The van der Waals surface area contributed by atoms with Crippen molar-refractivity contribution in [2.45, 2.75) is 31.7 Å². The fraction of sp³-hybridized carbons (Fsp3) is 0.462. The summed E-state index contributed by atoms with van der Waals surface area (Å²) in [7, 11) is -3.46. The first-order valence-electron chi connectivity index (χ1n) is 5.95. The quantitative estimate of drug-likeness (QED) is 0.828. The zero-order valence-corrected chi connectivity index (χ0v) is 12.3. The first-order valence-corrected chi connectivity index (χ1v) is 7.84. The summed E-state index contributed by atoms with van der Waals surface area (Å²) >= 11 is 0. The van der Waals surface area contributed by atoms with Crippen LogP contribution in [-0.2, 0) is 27.7 Å². The van der Waals surface area contributed by atoms with Crippen LogP contribution in [0.25, 0.3) is 0 Å². The number of benzene rings is 1. The van der Waals surface area contributed by atoms with Crippen LogP contribution in [0.5, 0.6) is 0 Å². The van der Waals surface area contributed by atoms with E-state index in [1.54, 1.807) is 0 Å². The van der Waals surface area contributed by atoms with E-state index < -0.39 is 20.5 Å². The summed E-state index contributed by atoms with van der Waals surface area (Å²) in [6, 6.07) is 7.45. The number of nitrogens with two attached hydrogens (primary N) is 1. The summed E-state index contributed by atoms with van der Waals surface area (Å²) in [5, 5.41) is 2.65. The highest BCUT2D eigenvalue weighted by atomic mass is 32.2. The molecule has 0 spiro atoms. The van der Waals surface area contributed by atoms with E-state index in [9.17, 15) is 13.2 Å². The summed E-state index contributed by atoms with van der Waals surface area (Å²) in [6.07, 6.45) is 1.06. The fourth-order valence-electron chi connectivity index (χ4n) is 1.49. The molecule has 0 aliphatic heterocycles. The number of amides is 1. The molecule has 0 fully saturated rings. The number of carbonyl (C=O) groups is 1. The molecule has 0 aromatic heterocycles. The number of hydrogen-bond donors (Lipinski definition) is 2. The summed E-state index contributed by atoms with van der Waals surface area (Å²) in [5.74, 6) is -0.512. The maximum atomic E-state index is 12.0. The molecule has 3 N–H and O–H groups in total. The summed E-state index contributed by atoms with van der Waals surface area (Å²) in [6.45, 7) is 3.44. The number of rotatable bonds is 5. The van der Waals surface area contributed by atoms with Crippen molar-refractivity contribution >= 4 is 15.7 Å². The molecule has 1 aromatic rings. The molecule has 1 aromatic carbocycles. The van der Waals surface area contributed by atoms with Gasteiger partial charge in [-0.2, -0.15) is 0 Å². The van der Waals surface area contributed by atoms with Crippen LogP contribution in [0.3, 0.4) is 0 Å². The van der Waals surface area contributed by atoms with E-state index in [1.165, 1.54) is 13.8 Å². The van der Waals surface area contributed by atoms with Crippen LogP contribution < -0.4 is 11.1 Å². The van der Waals surface area contributed by atoms with Gasteiger partial charge in [-0.1, -0.05) is 24.3 Å². The number of carbonyl (C=O) groups excluding carboxylic acids is 1. The first kappa shape index (κ1) is 15.7. The van der Waals surface area contributed by atoms with Crippen molar-refractivity contribution in [1.29, 1.82) is 0 Å². The minimum Gasteiger partial charge on any atom is -0.351 e. The second kappa shape index (κ2) is 5.71. The van der Waals surface area contributed by atoms with Crippen LogP contribution in [0.1, 0.15) is 25.0 Å². The molecule has 6 heteroatoms. The average Bonchev–Trinajstić information content (AvgIpc) is 2.34.